The fraction of sp³-hybridized carbons (Fsp3) is 0.314. The smallest absolute Gasteiger partial charge is 0.336 e. The van der Waals surface area contributed by atoms with Crippen molar-refractivity contribution >= 4 is 102 Å². The number of hydrogen-bond donors (Lipinski definition) is 2. The van der Waals surface area contributed by atoms with Gasteiger partial charge in [0.25, 0.3) is 0 Å². The molecule has 1 atom stereocenters. The Hall–Kier alpha value is -1.24. The molecule has 1 aliphatic carbocycles. The Kier molecular flexibility index (Phi) is 14.6. The number of rotatable bonds is 11. The van der Waals surface area contributed by atoms with Crippen molar-refractivity contribution in [2.24, 2.45) is 11.1 Å². The molecule has 45 heavy (non-hydrogen) atoms. The molecule has 0 aromatic heterocycles. The van der Waals surface area contributed by atoms with Gasteiger partial charge < -0.3 is 20.3 Å². The van der Waals surface area contributed by atoms with Gasteiger partial charge in [-0.15, -0.1) is 0 Å². The van der Waals surface area contributed by atoms with Crippen molar-refractivity contribution in [1.82, 2.24) is 0 Å². The average molecular weight is 1060 g/mol. The molecular weight excluding hydrogens is 1020 g/mol. The molecule has 0 bridgehead atoms. The van der Waals surface area contributed by atoms with Crippen molar-refractivity contribution in [2.45, 2.75) is 66.3 Å². The van der Waals surface area contributed by atoms with E-state index in [0.717, 1.165) is 31.0 Å². The highest BCUT2D eigenvalue weighted by Gasteiger charge is 2.26. The molecule has 2 aromatic rings. The molecule has 0 spiro atoms. The summed E-state index contributed by atoms with van der Waals surface area (Å²) in [5.74, 6) is 0.239. The lowest BCUT2D eigenvalue weighted by molar-refractivity contribution is -0.138. The first-order chi connectivity index (χ1) is 21.1. The van der Waals surface area contributed by atoms with E-state index in [1.54, 1.807) is 0 Å². The van der Waals surface area contributed by atoms with Crippen molar-refractivity contribution in [1.29, 1.82) is 0 Å². The number of carbonyl (C=O) groups is 2. The molecule has 1 aliphatic rings. The first-order valence-corrected chi connectivity index (χ1v) is 18.7. The van der Waals surface area contributed by atoms with E-state index in [-0.39, 0.29) is 11.8 Å². The third-order valence-corrected chi connectivity index (χ3v) is 10.5. The van der Waals surface area contributed by atoms with E-state index in [2.05, 4.69) is 130 Å². The molecule has 0 heterocycles. The molecule has 10 heteroatoms. The number of halogens is 4. The summed E-state index contributed by atoms with van der Waals surface area (Å²) in [7, 11) is 0. The number of carboxylic acid groups (broad SMARTS) is 1. The maximum Gasteiger partial charge on any atom is 0.336 e. The number of allylic oxidation sites excluding steroid dienone is 9. The van der Waals surface area contributed by atoms with Gasteiger partial charge in [-0.25, -0.2) is 4.79 Å². The molecule has 240 valence electrons. The van der Waals surface area contributed by atoms with Crippen LogP contribution in [0.5, 0.6) is 17.2 Å². The Balaban J connectivity index is 1.66. The summed E-state index contributed by atoms with van der Waals surface area (Å²) < 4.78 is 15.1. The Labute approximate surface area is 320 Å². The van der Waals surface area contributed by atoms with Gasteiger partial charge in [-0.2, -0.15) is 0 Å². The zero-order chi connectivity index (χ0) is 33.5. The molecule has 0 saturated carbocycles. The van der Waals surface area contributed by atoms with E-state index in [4.69, 9.17) is 20.3 Å². The summed E-state index contributed by atoms with van der Waals surface area (Å²) in [6.45, 7) is 10.8. The number of carbonyl (C=O) groups excluding carboxylic acids is 1. The van der Waals surface area contributed by atoms with Gasteiger partial charge in [-0.3, -0.25) is 4.79 Å². The molecule has 2 aromatic carbocycles. The van der Waals surface area contributed by atoms with Crippen LogP contribution in [0.1, 0.15) is 59.4 Å². The van der Waals surface area contributed by atoms with E-state index in [9.17, 15) is 9.59 Å². The van der Waals surface area contributed by atoms with E-state index in [1.165, 1.54) is 36.5 Å². The largest absolute Gasteiger partial charge is 0.480 e. The van der Waals surface area contributed by atoms with Gasteiger partial charge in [0.2, 0.25) is 0 Å². The third-order valence-electron chi connectivity index (χ3n) is 7.34. The molecule has 1 unspecified atom stereocenters. The summed E-state index contributed by atoms with van der Waals surface area (Å²) in [6, 6.07) is 6.41. The van der Waals surface area contributed by atoms with Crippen LogP contribution < -0.4 is 15.2 Å². The predicted molar refractivity (Wildman–Crippen MR) is 215 cm³/mol. The summed E-state index contributed by atoms with van der Waals surface area (Å²) in [4.78, 5) is 23.9. The lowest BCUT2D eigenvalue weighted by Crippen LogP contribution is -2.32. The van der Waals surface area contributed by atoms with E-state index in [0.29, 0.717) is 17.2 Å². The topological polar surface area (TPSA) is 98.9 Å². The summed E-state index contributed by atoms with van der Waals surface area (Å²) in [5.41, 5.74) is 11.6. The SMILES string of the molecule is CC1=C(/C=C/C(C)=C/C=C/C(C)=C/C(=O)Oc2c(I)cc(Oc3c(I)cc(CC(N)C(=O)O)cc3I)cc2I)C(C)(C)CCC1. The summed E-state index contributed by atoms with van der Waals surface area (Å²) in [5, 5.41) is 9.13. The standard InChI is InChI=1S/C35H37I4NO5/c1-20(11-12-25-22(3)10-7-13-35(25,4)5)8-6-9-21(2)14-31(41)45-33-28(38)18-24(19-29(33)39)44-32-26(36)15-23(16-27(32)37)17-30(40)34(42)43/h6,8-9,11-12,14-16,18-19,30H,7,10,13,17,40H2,1-5H3,(H,42,43)/b9-6+,12-11+,20-8+,21-14+. The number of carboxylic acids is 1. The molecule has 0 aliphatic heterocycles. The minimum Gasteiger partial charge on any atom is -0.480 e. The van der Waals surface area contributed by atoms with E-state index >= 15 is 0 Å². The number of nitrogens with two attached hydrogens (primary N) is 1. The highest BCUT2D eigenvalue weighted by atomic mass is 127. The molecule has 0 amide bonds. The Morgan fingerprint density at radius 2 is 1.58 bits per heavy atom. The van der Waals surface area contributed by atoms with Gasteiger partial charge in [-0.1, -0.05) is 55.4 Å². The molecular formula is C35H37I4NO5. The first-order valence-electron chi connectivity index (χ1n) is 14.3. The quantitative estimate of drug-likeness (QED) is 0.0765. The normalized spacial score (nSPS) is 16.4. The molecule has 6 nitrogen and oxygen atoms in total. The van der Waals surface area contributed by atoms with Crippen molar-refractivity contribution in [3.05, 3.63) is 103 Å². The maximum absolute atomic E-state index is 12.8. The van der Waals surface area contributed by atoms with Crippen LogP contribution in [0, 0.1) is 19.7 Å². The van der Waals surface area contributed by atoms with Crippen molar-refractivity contribution in [3.8, 4) is 17.2 Å². The monoisotopic (exact) mass is 1060 g/mol. The summed E-state index contributed by atoms with van der Waals surface area (Å²) in [6.07, 6.45) is 15.6. The van der Waals surface area contributed by atoms with Crippen molar-refractivity contribution in [3.63, 3.8) is 0 Å². The first kappa shape index (κ1) is 38.2. The van der Waals surface area contributed by atoms with Gasteiger partial charge in [0.1, 0.15) is 11.8 Å². The lowest BCUT2D eigenvalue weighted by atomic mass is 9.72. The third kappa shape index (κ3) is 11.5. The van der Waals surface area contributed by atoms with E-state index in [1.807, 2.05) is 49.4 Å². The fourth-order valence-electron chi connectivity index (χ4n) is 4.98. The number of aliphatic carboxylic acids is 1. The van der Waals surface area contributed by atoms with Gasteiger partial charge in [0.15, 0.2) is 11.5 Å². The van der Waals surface area contributed by atoms with Crippen LogP contribution in [-0.2, 0) is 16.0 Å². The molecule has 0 fully saturated rings. The van der Waals surface area contributed by atoms with Gasteiger partial charge in [0, 0.05) is 6.08 Å². The number of ether oxygens (including phenoxy) is 2. The second-order valence-electron chi connectivity index (χ2n) is 11.7. The highest BCUT2D eigenvalue weighted by molar-refractivity contribution is 14.1. The van der Waals surface area contributed by atoms with Crippen LogP contribution in [0.4, 0.5) is 0 Å². The van der Waals surface area contributed by atoms with Crippen molar-refractivity contribution < 1.29 is 24.2 Å². The van der Waals surface area contributed by atoms with Gasteiger partial charge >= 0.3 is 11.9 Å². The number of hydrogen-bond acceptors (Lipinski definition) is 5. The zero-order valence-electron chi connectivity index (χ0n) is 25.8. The highest BCUT2D eigenvalue weighted by Crippen LogP contribution is 2.41. The second kappa shape index (κ2) is 17.2. The van der Waals surface area contributed by atoms with Gasteiger partial charge in [-0.05, 0) is 183 Å². The number of benzene rings is 2. The zero-order valence-corrected chi connectivity index (χ0v) is 34.5. The maximum atomic E-state index is 12.8. The Bertz CT molecular complexity index is 1570. The molecule has 3 rings (SSSR count). The van der Waals surface area contributed by atoms with Crippen LogP contribution >= 0.6 is 90.4 Å². The minimum atomic E-state index is -1.04. The fourth-order valence-corrected chi connectivity index (χ4v) is 9.02. The molecule has 0 saturated heterocycles. The van der Waals surface area contributed by atoms with Crippen LogP contribution in [0.3, 0.4) is 0 Å². The minimum absolute atomic E-state index is 0.211. The molecule has 0 radical (unpaired) electrons. The van der Waals surface area contributed by atoms with Crippen LogP contribution in [0.2, 0.25) is 0 Å². The number of esters is 1. The lowest BCUT2D eigenvalue weighted by Gasteiger charge is -2.32. The van der Waals surface area contributed by atoms with Crippen LogP contribution in [-0.4, -0.2) is 23.1 Å². The van der Waals surface area contributed by atoms with Crippen LogP contribution in [0.25, 0.3) is 0 Å². The van der Waals surface area contributed by atoms with E-state index < -0.39 is 18.0 Å². The molecule has 3 N–H and O–H groups in total. The Morgan fingerprint density at radius 1 is 0.978 bits per heavy atom. The second-order valence-corrected chi connectivity index (χ2v) is 16.3. The van der Waals surface area contributed by atoms with Crippen LogP contribution in [0.15, 0.2) is 83.0 Å². The Morgan fingerprint density at radius 3 is 2.16 bits per heavy atom. The van der Waals surface area contributed by atoms with Crippen molar-refractivity contribution in [2.75, 3.05) is 0 Å². The summed E-state index contributed by atoms with van der Waals surface area (Å²) >= 11 is 8.60. The predicted octanol–water partition coefficient (Wildman–Crippen LogP) is 10.3. The average Bonchev–Trinajstić information content (AvgIpc) is 2.92. The van der Waals surface area contributed by atoms with Gasteiger partial charge in [0.05, 0.1) is 14.3 Å².